The van der Waals surface area contributed by atoms with E-state index in [9.17, 15) is 4.79 Å². The van der Waals surface area contributed by atoms with E-state index in [0.717, 1.165) is 57.8 Å². The summed E-state index contributed by atoms with van der Waals surface area (Å²) in [4.78, 5) is 20.9. The third-order valence-electron chi connectivity index (χ3n) is 3.75. The molecule has 0 aromatic carbocycles. The van der Waals surface area contributed by atoms with Crippen molar-refractivity contribution in [1.29, 1.82) is 0 Å². The van der Waals surface area contributed by atoms with Gasteiger partial charge in [0.15, 0.2) is 0 Å². The van der Waals surface area contributed by atoms with Crippen LogP contribution in [0.25, 0.3) is 0 Å². The first kappa shape index (κ1) is 14.9. The summed E-state index contributed by atoms with van der Waals surface area (Å²) in [5.74, 6) is 0.0964. The van der Waals surface area contributed by atoms with Crippen LogP contribution in [0.1, 0.15) is 28.9 Å². The number of nitrogens with zero attached hydrogens (tertiary/aromatic N) is 3. The van der Waals surface area contributed by atoms with Crippen LogP contribution < -0.4 is 5.73 Å². The number of pyridine rings is 1. The molecule has 0 unspecified atom stereocenters. The van der Waals surface area contributed by atoms with Crippen LogP contribution >= 0.6 is 0 Å². The maximum absolute atomic E-state index is 12.3. The van der Waals surface area contributed by atoms with Gasteiger partial charge < -0.3 is 10.6 Å². The largest absolute Gasteiger partial charge is 0.336 e. The van der Waals surface area contributed by atoms with Crippen molar-refractivity contribution in [2.45, 2.75) is 19.8 Å². The smallest absolute Gasteiger partial charge is 0.255 e. The van der Waals surface area contributed by atoms with Crippen molar-refractivity contribution in [2.24, 2.45) is 5.73 Å². The van der Waals surface area contributed by atoms with E-state index in [4.69, 9.17) is 5.73 Å². The van der Waals surface area contributed by atoms with Crippen molar-refractivity contribution in [1.82, 2.24) is 14.8 Å². The van der Waals surface area contributed by atoms with Gasteiger partial charge in [-0.05, 0) is 45.0 Å². The summed E-state index contributed by atoms with van der Waals surface area (Å²) < 4.78 is 0. The number of piperazine rings is 1. The second-order valence-corrected chi connectivity index (χ2v) is 5.32. The molecule has 1 fully saturated rings. The molecule has 2 N–H and O–H groups in total. The van der Waals surface area contributed by atoms with E-state index in [2.05, 4.69) is 9.88 Å². The molecule has 1 aromatic rings. The molecular formula is C15H24N4O. The Morgan fingerprint density at radius 3 is 2.60 bits per heavy atom. The van der Waals surface area contributed by atoms with Gasteiger partial charge in [-0.2, -0.15) is 0 Å². The van der Waals surface area contributed by atoms with E-state index in [1.165, 1.54) is 0 Å². The number of rotatable bonds is 5. The zero-order valence-corrected chi connectivity index (χ0v) is 12.2. The molecule has 0 aliphatic carbocycles. The third kappa shape index (κ3) is 4.02. The quantitative estimate of drug-likeness (QED) is 0.811. The monoisotopic (exact) mass is 276 g/mol. The van der Waals surface area contributed by atoms with Gasteiger partial charge in [0.1, 0.15) is 0 Å². The molecule has 5 nitrogen and oxygen atoms in total. The summed E-state index contributed by atoms with van der Waals surface area (Å²) in [6.07, 6.45) is 3.89. The van der Waals surface area contributed by atoms with Crippen LogP contribution in [0.15, 0.2) is 18.3 Å². The van der Waals surface area contributed by atoms with E-state index in [1.807, 2.05) is 24.0 Å². The Morgan fingerprint density at radius 2 is 2.00 bits per heavy atom. The predicted octanol–water partition coefficient (Wildman–Crippen LogP) is 0.887. The molecule has 1 amide bonds. The minimum absolute atomic E-state index is 0.0964. The second-order valence-electron chi connectivity index (χ2n) is 5.32. The molecule has 0 saturated carbocycles. The molecule has 20 heavy (non-hydrogen) atoms. The van der Waals surface area contributed by atoms with Gasteiger partial charge in [0.2, 0.25) is 0 Å². The van der Waals surface area contributed by atoms with Gasteiger partial charge >= 0.3 is 0 Å². The Morgan fingerprint density at radius 1 is 1.25 bits per heavy atom. The standard InChI is InChI=1S/C15H24N4O/c1-13-4-5-14(12-17-13)15(20)19-10-8-18(9-11-19)7-3-2-6-16/h4-5,12H,2-3,6-11,16H2,1H3. The van der Waals surface area contributed by atoms with Crippen molar-refractivity contribution in [2.75, 3.05) is 39.3 Å². The van der Waals surface area contributed by atoms with Crippen molar-refractivity contribution in [3.05, 3.63) is 29.6 Å². The van der Waals surface area contributed by atoms with Crippen LogP contribution in [0, 0.1) is 6.92 Å². The molecule has 0 radical (unpaired) electrons. The third-order valence-corrected chi connectivity index (χ3v) is 3.75. The highest BCUT2D eigenvalue weighted by atomic mass is 16.2. The lowest BCUT2D eigenvalue weighted by Gasteiger charge is -2.34. The SMILES string of the molecule is Cc1ccc(C(=O)N2CCN(CCCCN)CC2)cn1. The molecule has 2 rings (SSSR count). The zero-order chi connectivity index (χ0) is 14.4. The fraction of sp³-hybridized carbons (Fsp3) is 0.600. The summed E-state index contributed by atoms with van der Waals surface area (Å²) >= 11 is 0. The number of carbonyl (C=O) groups is 1. The number of carbonyl (C=O) groups excluding carboxylic acids is 1. The van der Waals surface area contributed by atoms with Crippen molar-refractivity contribution in [3.8, 4) is 0 Å². The Labute approximate surface area is 120 Å². The first-order valence-corrected chi connectivity index (χ1v) is 7.35. The van der Waals surface area contributed by atoms with Gasteiger partial charge in [0.25, 0.3) is 5.91 Å². The number of amides is 1. The first-order chi connectivity index (χ1) is 9.70. The van der Waals surface area contributed by atoms with Crippen LogP contribution in [-0.2, 0) is 0 Å². The van der Waals surface area contributed by atoms with Crippen molar-refractivity contribution >= 4 is 5.91 Å². The highest BCUT2D eigenvalue weighted by molar-refractivity contribution is 5.94. The van der Waals surface area contributed by atoms with E-state index in [1.54, 1.807) is 6.20 Å². The fourth-order valence-corrected chi connectivity index (χ4v) is 2.43. The maximum atomic E-state index is 12.3. The number of aryl methyl sites for hydroxylation is 1. The van der Waals surface area contributed by atoms with E-state index in [0.29, 0.717) is 5.56 Å². The van der Waals surface area contributed by atoms with E-state index in [-0.39, 0.29) is 5.91 Å². The van der Waals surface area contributed by atoms with Crippen molar-refractivity contribution < 1.29 is 4.79 Å². The minimum Gasteiger partial charge on any atom is -0.336 e. The molecule has 110 valence electrons. The number of hydrogen-bond acceptors (Lipinski definition) is 4. The Kier molecular flexibility index (Phi) is 5.49. The molecule has 1 aliphatic rings. The molecule has 2 heterocycles. The molecule has 0 spiro atoms. The summed E-state index contributed by atoms with van der Waals surface area (Å²) in [6, 6.07) is 3.74. The van der Waals surface area contributed by atoms with Gasteiger partial charge in [-0.3, -0.25) is 14.7 Å². The lowest BCUT2D eigenvalue weighted by Crippen LogP contribution is -2.48. The second kappa shape index (κ2) is 7.36. The van der Waals surface area contributed by atoms with Gasteiger partial charge in [-0.15, -0.1) is 0 Å². The molecular weight excluding hydrogens is 252 g/mol. The van der Waals surface area contributed by atoms with E-state index < -0.39 is 0 Å². The van der Waals surface area contributed by atoms with Crippen LogP contribution in [0.5, 0.6) is 0 Å². The highest BCUT2D eigenvalue weighted by Crippen LogP contribution is 2.09. The fourth-order valence-electron chi connectivity index (χ4n) is 2.43. The lowest BCUT2D eigenvalue weighted by atomic mass is 10.2. The normalized spacial score (nSPS) is 16.4. The number of nitrogens with two attached hydrogens (primary N) is 1. The Bertz CT molecular complexity index is 424. The molecule has 1 aromatic heterocycles. The Balaban J connectivity index is 1.81. The molecule has 1 aliphatic heterocycles. The van der Waals surface area contributed by atoms with Gasteiger partial charge in [-0.1, -0.05) is 0 Å². The van der Waals surface area contributed by atoms with Crippen molar-refractivity contribution in [3.63, 3.8) is 0 Å². The topological polar surface area (TPSA) is 62.5 Å². The molecule has 5 heteroatoms. The number of unbranched alkanes of at least 4 members (excludes halogenated alkanes) is 1. The summed E-state index contributed by atoms with van der Waals surface area (Å²) in [7, 11) is 0. The van der Waals surface area contributed by atoms with Crippen LogP contribution in [0.4, 0.5) is 0 Å². The van der Waals surface area contributed by atoms with E-state index >= 15 is 0 Å². The number of aromatic nitrogens is 1. The Hall–Kier alpha value is -1.46. The average molecular weight is 276 g/mol. The predicted molar refractivity (Wildman–Crippen MR) is 79.6 cm³/mol. The maximum Gasteiger partial charge on any atom is 0.255 e. The molecule has 0 bridgehead atoms. The lowest BCUT2D eigenvalue weighted by molar-refractivity contribution is 0.0635. The van der Waals surface area contributed by atoms with Crippen LogP contribution in [0.2, 0.25) is 0 Å². The van der Waals surface area contributed by atoms with Gasteiger partial charge in [-0.25, -0.2) is 0 Å². The van der Waals surface area contributed by atoms with Gasteiger partial charge in [0, 0.05) is 38.1 Å². The number of hydrogen-bond donors (Lipinski definition) is 1. The summed E-state index contributed by atoms with van der Waals surface area (Å²) in [6.45, 7) is 7.29. The highest BCUT2D eigenvalue weighted by Gasteiger charge is 2.21. The zero-order valence-electron chi connectivity index (χ0n) is 12.2. The molecule has 1 saturated heterocycles. The average Bonchev–Trinajstić information content (AvgIpc) is 2.48. The summed E-state index contributed by atoms with van der Waals surface area (Å²) in [5, 5.41) is 0. The van der Waals surface area contributed by atoms with Crippen LogP contribution in [0.3, 0.4) is 0 Å². The van der Waals surface area contributed by atoms with Crippen LogP contribution in [-0.4, -0.2) is 60.0 Å². The molecule has 0 atom stereocenters. The van der Waals surface area contributed by atoms with Gasteiger partial charge in [0.05, 0.1) is 5.56 Å². The first-order valence-electron chi connectivity index (χ1n) is 7.35. The summed E-state index contributed by atoms with van der Waals surface area (Å²) in [5.41, 5.74) is 7.13. The minimum atomic E-state index is 0.0964.